The molecule has 6 nitrogen and oxygen atoms in total. The number of nitrogens with one attached hydrogen (secondary N) is 3. The molecule has 4 aromatic rings. The standard InChI is InChI=1S/C28H27ClN4O2/c29-21-11-7-20(8-12-21)28(35)31-23-15-16-24-25(17-23)33-26(32-24)18-9-13-22(14-10-18)30-27(34)19-5-3-1-2-4-6-19/h7-17,19H,1-6H2,(H,30,34)(H,31,35)(H,32,33). The fraction of sp³-hybridized carbons (Fsp3) is 0.250. The number of rotatable bonds is 5. The molecule has 1 aliphatic carbocycles. The van der Waals surface area contributed by atoms with Gasteiger partial charge in [-0.15, -0.1) is 0 Å². The minimum atomic E-state index is -0.206. The molecule has 1 aliphatic rings. The summed E-state index contributed by atoms with van der Waals surface area (Å²) in [5, 5.41) is 6.56. The molecule has 1 heterocycles. The van der Waals surface area contributed by atoms with E-state index >= 15 is 0 Å². The fourth-order valence-corrected chi connectivity index (χ4v) is 4.65. The highest BCUT2D eigenvalue weighted by atomic mass is 35.5. The van der Waals surface area contributed by atoms with Crippen molar-refractivity contribution in [2.45, 2.75) is 38.5 Å². The van der Waals surface area contributed by atoms with E-state index in [1.54, 1.807) is 24.3 Å². The molecule has 0 radical (unpaired) electrons. The van der Waals surface area contributed by atoms with Crippen LogP contribution >= 0.6 is 11.6 Å². The van der Waals surface area contributed by atoms with Crippen LogP contribution in [0.5, 0.6) is 0 Å². The second-order valence-electron chi connectivity index (χ2n) is 9.03. The summed E-state index contributed by atoms with van der Waals surface area (Å²) in [4.78, 5) is 33.1. The molecule has 5 rings (SSSR count). The summed E-state index contributed by atoms with van der Waals surface area (Å²) in [7, 11) is 0. The molecule has 0 unspecified atom stereocenters. The van der Waals surface area contributed by atoms with E-state index in [-0.39, 0.29) is 17.7 Å². The number of hydrogen-bond acceptors (Lipinski definition) is 3. The molecule has 2 amide bonds. The molecule has 3 N–H and O–H groups in total. The van der Waals surface area contributed by atoms with E-state index < -0.39 is 0 Å². The lowest BCUT2D eigenvalue weighted by Gasteiger charge is -2.14. The van der Waals surface area contributed by atoms with Crippen molar-refractivity contribution in [3.63, 3.8) is 0 Å². The summed E-state index contributed by atoms with van der Waals surface area (Å²) >= 11 is 5.90. The van der Waals surface area contributed by atoms with Crippen LogP contribution < -0.4 is 10.6 Å². The Hall–Kier alpha value is -3.64. The zero-order valence-electron chi connectivity index (χ0n) is 19.3. The minimum absolute atomic E-state index is 0.113. The van der Waals surface area contributed by atoms with Gasteiger partial charge in [-0.25, -0.2) is 4.98 Å². The number of nitrogens with zero attached hydrogens (tertiary/aromatic N) is 1. The third kappa shape index (κ3) is 5.54. The van der Waals surface area contributed by atoms with Crippen LogP contribution in [0, 0.1) is 5.92 Å². The number of hydrogen-bond donors (Lipinski definition) is 3. The maximum absolute atomic E-state index is 12.6. The van der Waals surface area contributed by atoms with Gasteiger partial charge in [0.15, 0.2) is 0 Å². The van der Waals surface area contributed by atoms with Crippen molar-refractivity contribution >= 4 is 45.8 Å². The summed E-state index contributed by atoms with van der Waals surface area (Å²) < 4.78 is 0. The van der Waals surface area contributed by atoms with Crippen molar-refractivity contribution in [2.75, 3.05) is 10.6 Å². The lowest BCUT2D eigenvalue weighted by Crippen LogP contribution is -2.22. The van der Waals surface area contributed by atoms with Crippen molar-refractivity contribution in [3.05, 3.63) is 77.3 Å². The third-order valence-electron chi connectivity index (χ3n) is 6.50. The zero-order valence-corrected chi connectivity index (χ0v) is 20.1. The van der Waals surface area contributed by atoms with Gasteiger partial charge in [0.05, 0.1) is 11.0 Å². The van der Waals surface area contributed by atoms with Gasteiger partial charge in [0, 0.05) is 33.4 Å². The van der Waals surface area contributed by atoms with Crippen molar-refractivity contribution in [2.24, 2.45) is 5.92 Å². The van der Waals surface area contributed by atoms with E-state index in [0.717, 1.165) is 53.8 Å². The molecular weight excluding hydrogens is 460 g/mol. The second kappa shape index (κ2) is 10.3. The number of halogens is 1. The highest BCUT2D eigenvalue weighted by molar-refractivity contribution is 6.30. The normalized spacial score (nSPS) is 14.4. The monoisotopic (exact) mass is 486 g/mol. The van der Waals surface area contributed by atoms with E-state index in [1.165, 1.54) is 12.8 Å². The maximum atomic E-state index is 12.6. The van der Waals surface area contributed by atoms with Gasteiger partial charge in [0.1, 0.15) is 5.82 Å². The molecular formula is C28H27ClN4O2. The molecule has 1 fully saturated rings. The summed E-state index contributed by atoms with van der Waals surface area (Å²) in [6, 6.07) is 20.0. The third-order valence-corrected chi connectivity index (χ3v) is 6.75. The number of aromatic nitrogens is 2. The number of H-pyrrole nitrogens is 1. The van der Waals surface area contributed by atoms with Crippen LogP contribution in [0.2, 0.25) is 5.02 Å². The minimum Gasteiger partial charge on any atom is -0.338 e. The molecule has 35 heavy (non-hydrogen) atoms. The van der Waals surface area contributed by atoms with Gasteiger partial charge < -0.3 is 15.6 Å². The number of carbonyl (C=O) groups excluding carboxylic acids is 2. The summed E-state index contributed by atoms with van der Waals surface area (Å²) in [5.41, 5.74) is 4.54. The SMILES string of the molecule is O=C(Nc1ccc2nc(-c3ccc(NC(=O)C4CCCCCC4)cc3)[nH]c2c1)c1ccc(Cl)cc1. The number of benzene rings is 3. The van der Waals surface area contributed by atoms with Gasteiger partial charge in [0.25, 0.3) is 5.91 Å². The van der Waals surface area contributed by atoms with Crippen molar-refractivity contribution in [1.82, 2.24) is 9.97 Å². The first-order chi connectivity index (χ1) is 17.0. The summed E-state index contributed by atoms with van der Waals surface area (Å²) in [5.74, 6) is 0.753. The Labute approximate surface area is 209 Å². The van der Waals surface area contributed by atoms with E-state index in [0.29, 0.717) is 16.3 Å². The zero-order chi connectivity index (χ0) is 24.2. The molecule has 0 atom stereocenters. The number of aromatic amines is 1. The van der Waals surface area contributed by atoms with Crippen LogP contribution in [0.15, 0.2) is 66.7 Å². The van der Waals surface area contributed by atoms with Gasteiger partial charge in [-0.05, 0) is 79.6 Å². The van der Waals surface area contributed by atoms with Gasteiger partial charge in [0.2, 0.25) is 5.91 Å². The van der Waals surface area contributed by atoms with Crippen LogP contribution in [0.1, 0.15) is 48.9 Å². The Kier molecular flexibility index (Phi) is 6.82. The predicted molar refractivity (Wildman–Crippen MR) is 141 cm³/mol. The molecule has 7 heteroatoms. The van der Waals surface area contributed by atoms with Gasteiger partial charge in [-0.1, -0.05) is 37.3 Å². The number of fused-ring (bicyclic) bond motifs is 1. The topological polar surface area (TPSA) is 86.9 Å². The van der Waals surface area contributed by atoms with E-state index in [4.69, 9.17) is 11.6 Å². The van der Waals surface area contributed by atoms with Gasteiger partial charge in [-0.2, -0.15) is 0 Å². The molecule has 0 bridgehead atoms. The van der Waals surface area contributed by atoms with Crippen molar-refractivity contribution in [1.29, 1.82) is 0 Å². The Morgan fingerprint density at radius 3 is 2.23 bits per heavy atom. The quantitative estimate of drug-likeness (QED) is 0.264. The van der Waals surface area contributed by atoms with E-state index in [9.17, 15) is 9.59 Å². The first kappa shape index (κ1) is 23.1. The average Bonchev–Trinajstić information content (AvgIpc) is 3.09. The Balaban J connectivity index is 1.27. The average molecular weight is 487 g/mol. The molecule has 0 spiro atoms. The Morgan fingerprint density at radius 2 is 1.51 bits per heavy atom. The fourth-order valence-electron chi connectivity index (χ4n) is 4.53. The number of carbonyl (C=O) groups is 2. The number of amides is 2. The molecule has 3 aromatic carbocycles. The van der Waals surface area contributed by atoms with E-state index in [2.05, 4.69) is 20.6 Å². The highest BCUT2D eigenvalue weighted by Gasteiger charge is 2.20. The van der Waals surface area contributed by atoms with Crippen molar-refractivity contribution < 1.29 is 9.59 Å². The second-order valence-corrected chi connectivity index (χ2v) is 9.47. The Bertz CT molecular complexity index is 1340. The summed E-state index contributed by atoms with van der Waals surface area (Å²) in [6.45, 7) is 0. The van der Waals surface area contributed by atoms with Crippen LogP contribution in [0.25, 0.3) is 22.4 Å². The van der Waals surface area contributed by atoms with Crippen molar-refractivity contribution in [3.8, 4) is 11.4 Å². The van der Waals surface area contributed by atoms with E-state index in [1.807, 2.05) is 42.5 Å². The van der Waals surface area contributed by atoms with Gasteiger partial charge in [-0.3, -0.25) is 9.59 Å². The van der Waals surface area contributed by atoms with Crippen LogP contribution in [-0.4, -0.2) is 21.8 Å². The number of anilines is 2. The summed E-state index contributed by atoms with van der Waals surface area (Å²) in [6.07, 6.45) is 6.68. The van der Waals surface area contributed by atoms with Crippen LogP contribution in [0.4, 0.5) is 11.4 Å². The predicted octanol–water partition coefficient (Wildman–Crippen LogP) is 7.04. The lowest BCUT2D eigenvalue weighted by molar-refractivity contribution is -0.120. The molecule has 1 aromatic heterocycles. The highest BCUT2D eigenvalue weighted by Crippen LogP contribution is 2.27. The Morgan fingerprint density at radius 1 is 0.829 bits per heavy atom. The van der Waals surface area contributed by atoms with Crippen LogP contribution in [-0.2, 0) is 4.79 Å². The maximum Gasteiger partial charge on any atom is 0.255 e. The first-order valence-electron chi connectivity index (χ1n) is 12.0. The molecule has 0 saturated heterocycles. The molecule has 178 valence electrons. The largest absolute Gasteiger partial charge is 0.338 e. The first-order valence-corrected chi connectivity index (χ1v) is 12.4. The number of imidazole rings is 1. The van der Waals surface area contributed by atoms with Gasteiger partial charge >= 0.3 is 0 Å². The smallest absolute Gasteiger partial charge is 0.255 e. The van der Waals surface area contributed by atoms with Crippen LogP contribution in [0.3, 0.4) is 0 Å². The molecule has 1 saturated carbocycles. The lowest BCUT2D eigenvalue weighted by atomic mass is 9.99. The molecule has 0 aliphatic heterocycles.